The Morgan fingerprint density at radius 3 is 2.65 bits per heavy atom. The van der Waals surface area contributed by atoms with E-state index in [-0.39, 0.29) is 6.04 Å². The second-order valence-corrected chi connectivity index (χ2v) is 6.81. The fourth-order valence-electron chi connectivity index (χ4n) is 3.59. The summed E-state index contributed by atoms with van der Waals surface area (Å²) in [6.45, 7) is 11.6. The summed E-state index contributed by atoms with van der Waals surface area (Å²) in [7, 11) is 0. The molecule has 0 amide bonds. The number of likely N-dealkylation sites (tertiary alicyclic amines) is 1. The molecule has 0 saturated carbocycles. The number of rotatable bonds is 4. The van der Waals surface area contributed by atoms with E-state index in [1.165, 1.54) is 24.1 Å². The van der Waals surface area contributed by atoms with Gasteiger partial charge in [-0.05, 0) is 49.7 Å². The highest BCUT2D eigenvalue weighted by atomic mass is 15.2. The molecule has 4 atom stereocenters. The van der Waals surface area contributed by atoms with Gasteiger partial charge in [-0.25, -0.2) is 0 Å². The molecule has 2 N–H and O–H groups in total. The van der Waals surface area contributed by atoms with Gasteiger partial charge in [-0.15, -0.1) is 0 Å². The third-order valence-corrected chi connectivity index (χ3v) is 5.04. The molecule has 0 spiro atoms. The molecule has 0 bridgehead atoms. The summed E-state index contributed by atoms with van der Waals surface area (Å²) >= 11 is 0. The molecule has 1 aromatic rings. The first-order chi connectivity index (χ1) is 9.49. The Morgan fingerprint density at radius 1 is 1.25 bits per heavy atom. The van der Waals surface area contributed by atoms with Crippen LogP contribution in [-0.4, -0.2) is 24.0 Å². The van der Waals surface area contributed by atoms with E-state index in [4.69, 9.17) is 5.73 Å². The summed E-state index contributed by atoms with van der Waals surface area (Å²) in [4.78, 5) is 2.64. The number of nitrogens with zero attached hydrogens (tertiary/aromatic N) is 1. The quantitative estimate of drug-likeness (QED) is 0.906. The molecule has 1 aliphatic rings. The van der Waals surface area contributed by atoms with Gasteiger partial charge in [0, 0.05) is 25.2 Å². The van der Waals surface area contributed by atoms with E-state index in [1.54, 1.807) is 0 Å². The second-order valence-electron chi connectivity index (χ2n) is 6.81. The van der Waals surface area contributed by atoms with E-state index in [1.807, 2.05) is 0 Å². The number of hydrogen-bond acceptors (Lipinski definition) is 2. The van der Waals surface area contributed by atoms with Crippen LogP contribution in [0, 0.1) is 18.8 Å². The Bertz CT molecular complexity index is 429. The number of aryl methyl sites for hydroxylation is 1. The maximum Gasteiger partial charge on any atom is 0.0309 e. The van der Waals surface area contributed by atoms with Crippen molar-refractivity contribution >= 4 is 0 Å². The van der Waals surface area contributed by atoms with Gasteiger partial charge in [0.2, 0.25) is 0 Å². The molecule has 4 unspecified atom stereocenters. The van der Waals surface area contributed by atoms with Gasteiger partial charge in [0.15, 0.2) is 0 Å². The van der Waals surface area contributed by atoms with Crippen molar-refractivity contribution in [3.05, 3.63) is 35.4 Å². The van der Waals surface area contributed by atoms with Crippen molar-refractivity contribution in [2.24, 2.45) is 17.6 Å². The van der Waals surface area contributed by atoms with Crippen LogP contribution in [0.1, 0.15) is 50.8 Å². The van der Waals surface area contributed by atoms with Crippen LogP contribution < -0.4 is 5.73 Å². The Balaban J connectivity index is 1.93. The predicted molar refractivity (Wildman–Crippen MR) is 86.7 cm³/mol. The topological polar surface area (TPSA) is 29.3 Å². The number of nitrogens with two attached hydrogens (primary N) is 1. The summed E-state index contributed by atoms with van der Waals surface area (Å²) in [6.07, 6.45) is 2.41. The lowest BCUT2D eigenvalue weighted by Crippen LogP contribution is -2.46. The van der Waals surface area contributed by atoms with Crippen LogP contribution in [0.3, 0.4) is 0 Å². The zero-order valence-electron chi connectivity index (χ0n) is 13.5. The van der Waals surface area contributed by atoms with Crippen molar-refractivity contribution in [3.8, 4) is 0 Å². The summed E-state index contributed by atoms with van der Waals surface area (Å²) in [5.41, 5.74) is 9.02. The SMILES string of the molecule is Cc1ccccc1C(N)CCN1CC(C)CC(C)C1C. The average Bonchev–Trinajstić information content (AvgIpc) is 2.41. The monoisotopic (exact) mass is 274 g/mol. The van der Waals surface area contributed by atoms with Crippen molar-refractivity contribution in [3.63, 3.8) is 0 Å². The smallest absolute Gasteiger partial charge is 0.0309 e. The summed E-state index contributed by atoms with van der Waals surface area (Å²) in [5, 5.41) is 0. The highest BCUT2D eigenvalue weighted by Crippen LogP contribution is 2.28. The van der Waals surface area contributed by atoms with Gasteiger partial charge in [-0.3, -0.25) is 0 Å². The average molecular weight is 274 g/mol. The number of benzene rings is 1. The number of piperidine rings is 1. The zero-order valence-corrected chi connectivity index (χ0v) is 13.5. The number of hydrogen-bond donors (Lipinski definition) is 1. The van der Waals surface area contributed by atoms with Crippen molar-refractivity contribution in [1.29, 1.82) is 0 Å². The lowest BCUT2D eigenvalue weighted by atomic mass is 9.85. The van der Waals surface area contributed by atoms with Gasteiger partial charge in [-0.1, -0.05) is 38.1 Å². The molecule has 112 valence electrons. The highest BCUT2D eigenvalue weighted by Gasteiger charge is 2.28. The van der Waals surface area contributed by atoms with Crippen LogP contribution >= 0.6 is 0 Å². The van der Waals surface area contributed by atoms with Crippen molar-refractivity contribution < 1.29 is 0 Å². The van der Waals surface area contributed by atoms with Gasteiger partial charge in [0.05, 0.1) is 0 Å². The maximum atomic E-state index is 6.40. The Kier molecular flexibility index (Phi) is 5.22. The van der Waals surface area contributed by atoms with Crippen molar-refractivity contribution in [2.45, 2.75) is 52.6 Å². The Hall–Kier alpha value is -0.860. The first-order valence-electron chi connectivity index (χ1n) is 8.04. The lowest BCUT2D eigenvalue weighted by Gasteiger charge is -2.41. The van der Waals surface area contributed by atoms with E-state index in [9.17, 15) is 0 Å². The molecule has 1 saturated heterocycles. The molecular formula is C18H30N2. The molecule has 1 aromatic carbocycles. The minimum Gasteiger partial charge on any atom is -0.324 e. The Labute approximate surface area is 124 Å². The standard InChI is InChI=1S/C18H30N2/c1-13-11-15(3)16(4)20(12-13)10-9-18(19)17-8-6-5-7-14(17)2/h5-8,13,15-16,18H,9-12,19H2,1-4H3. The van der Waals surface area contributed by atoms with E-state index < -0.39 is 0 Å². The maximum absolute atomic E-state index is 6.40. The van der Waals surface area contributed by atoms with Crippen LogP contribution in [0.5, 0.6) is 0 Å². The van der Waals surface area contributed by atoms with Crippen molar-refractivity contribution in [2.75, 3.05) is 13.1 Å². The molecule has 0 aliphatic carbocycles. The minimum absolute atomic E-state index is 0.163. The van der Waals surface area contributed by atoms with Crippen molar-refractivity contribution in [1.82, 2.24) is 4.90 Å². The van der Waals surface area contributed by atoms with Gasteiger partial charge in [0.25, 0.3) is 0 Å². The van der Waals surface area contributed by atoms with Crippen LogP contribution in [0.4, 0.5) is 0 Å². The van der Waals surface area contributed by atoms with E-state index in [0.29, 0.717) is 6.04 Å². The molecule has 0 aromatic heterocycles. The molecule has 1 heterocycles. The first-order valence-corrected chi connectivity index (χ1v) is 8.04. The van der Waals surface area contributed by atoms with E-state index in [2.05, 4.69) is 56.9 Å². The molecule has 20 heavy (non-hydrogen) atoms. The summed E-state index contributed by atoms with van der Waals surface area (Å²) < 4.78 is 0. The van der Waals surface area contributed by atoms with Gasteiger partial charge < -0.3 is 10.6 Å². The Morgan fingerprint density at radius 2 is 1.95 bits per heavy atom. The normalized spacial score (nSPS) is 29.4. The third-order valence-electron chi connectivity index (χ3n) is 5.04. The van der Waals surface area contributed by atoms with Crippen LogP contribution in [0.15, 0.2) is 24.3 Å². The summed E-state index contributed by atoms with van der Waals surface area (Å²) in [5.74, 6) is 1.62. The van der Waals surface area contributed by atoms with Gasteiger partial charge >= 0.3 is 0 Å². The predicted octanol–water partition coefficient (Wildman–Crippen LogP) is 3.75. The molecule has 0 radical (unpaired) electrons. The first kappa shape index (κ1) is 15.5. The molecular weight excluding hydrogens is 244 g/mol. The lowest BCUT2D eigenvalue weighted by molar-refractivity contribution is 0.0769. The largest absolute Gasteiger partial charge is 0.324 e. The van der Waals surface area contributed by atoms with E-state index >= 15 is 0 Å². The van der Waals surface area contributed by atoms with Gasteiger partial charge in [0.1, 0.15) is 0 Å². The fraction of sp³-hybridized carbons (Fsp3) is 0.667. The van der Waals surface area contributed by atoms with Gasteiger partial charge in [-0.2, -0.15) is 0 Å². The molecule has 1 fully saturated rings. The molecule has 2 nitrogen and oxygen atoms in total. The molecule has 1 aliphatic heterocycles. The third kappa shape index (κ3) is 3.62. The van der Waals surface area contributed by atoms with E-state index in [0.717, 1.165) is 24.8 Å². The minimum atomic E-state index is 0.163. The van der Waals surface area contributed by atoms with Crippen LogP contribution in [0.25, 0.3) is 0 Å². The van der Waals surface area contributed by atoms with Crippen LogP contribution in [-0.2, 0) is 0 Å². The molecule has 2 heteroatoms. The molecule has 2 rings (SSSR count). The highest BCUT2D eigenvalue weighted by molar-refractivity contribution is 5.28. The van der Waals surface area contributed by atoms with Crippen LogP contribution in [0.2, 0.25) is 0 Å². The summed E-state index contributed by atoms with van der Waals surface area (Å²) in [6, 6.07) is 9.36. The second kappa shape index (κ2) is 6.73. The zero-order chi connectivity index (χ0) is 14.7. The fourth-order valence-corrected chi connectivity index (χ4v) is 3.59.